The molecule has 15 nitrogen and oxygen atoms in total. The van der Waals surface area contributed by atoms with E-state index in [1.165, 1.54) is 6.92 Å². The van der Waals surface area contributed by atoms with E-state index in [4.69, 9.17) is 16.6 Å². The number of carbonyl (C=O) groups is 6. The molecule has 5 amide bonds. The molecule has 0 saturated carbocycles. The van der Waals surface area contributed by atoms with Crippen molar-refractivity contribution in [3.63, 3.8) is 0 Å². The molecule has 0 fully saturated rings. The zero-order valence-electron chi connectivity index (χ0n) is 16.8. The van der Waals surface area contributed by atoms with Gasteiger partial charge in [-0.3, -0.25) is 24.0 Å². The molecule has 0 aliphatic carbocycles. The molecule has 0 aromatic carbocycles. The third-order valence-corrected chi connectivity index (χ3v) is 3.82. The first-order valence-electron chi connectivity index (χ1n) is 9.09. The molecule has 0 aromatic rings. The predicted octanol–water partition coefficient (Wildman–Crippen LogP) is -5.76. The van der Waals surface area contributed by atoms with Crippen LogP contribution in [0.2, 0.25) is 0 Å². The molecule has 0 radical (unpaired) electrons. The van der Waals surface area contributed by atoms with Gasteiger partial charge in [0.05, 0.1) is 25.8 Å². The van der Waals surface area contributed by atoms with Gasteiger partial charge in [0, 0.05) is 6.42 Å². The minimum Gasteiger partial charge on any atom is -0.480 e. The maximum atomic E-state index is 12.2. The fraction of sp³-hybridized carbons (Fsp3) is 0.625. The molecular formula is C16H28N6O9. The van der Waals surface area contributed by atoms with Crippen molar-refractivity contribution >= 4 is 35.5 Å². The number of carboxylic acid groups (broad SMARTS) is 1. The topological polar surface area (TPSA) is 263 Å². The van der Waals surface area contributed by atoms with Crippen molar-refractivity contribution in [1.29, 1.82) is 0 Å². The minimum absolute atomic E-state index is 0.255. The zero-order chi connectivity index (χ0) is 24.1. The molecular weight excluding hydrogens is 420 g/mol. The summed E-state index contributed by atoms with van der Waals surface area (Å²) in [5.74, 6) is -5.81. The summed E-state index contributed by atoms with van der Waals surface area (Å²) in [6.45, 7) is -0.828. The highest BCUT2D eigenvalue weighted by Crippen LogP contribution is 1.98. The number of primary amides is 1. The molecule has 0 aliphatic rings. The maximum absolute atomic E-state index is 12.2. The van der Waals surface area contributed by atoms with E-state index in [0.717, 1.165) is 0 Å². The Morgan fingerprint density at radius 1 is 0.935 bits per heavy atom. The summed E-state index contributed by atoms with van der Waals surface area (Å²) >= 11 is 0. The molecule has 0 bridgehead atoms. The summed E-state index contributed by atoms with van der Waals surface area (Å²) < 4.78 is 0. The van der Waals surface area contributed by atoms with Crippen molar-refractivity contribution in [1.82, 2.24) is 21.3 Å². The lowest BCUT2D eigenvalue weighted by Crippen LogP contribution is -2.59. The fourth-order valence-electron chi connectivity index (χ4n) is 2.17. The van der Waals surface area contributed by atoms with E-state index in [0.29, 0.717) is 0 Å². The third kappa shape index (κ3) is 10.9. The van der Waals surface area contributed by atoms with Gasteiger partial charge in [-0.1, -0.05) is 0 Å². The van der Waals surface area contributed by atoms with Crippen molar-refractivity contribution in [2.75, 3.05) is 19.7 Å². The number of hydrogen-bond acceptors (Lipinski definition) is 9. The molecule has 0 rings (SSSR count). The number of hydrogen-bond donors (Lipinski definition) is 9. The summed E-state index contributed by atoms with van der Waals surface area (Å²) in [5.41, 5.74) is 10.1. The summed E-state index contributed by atoms with van der Waals surface area (Å²) in [4.78, 5) is 69.3. The predicted molar refractivity (Wildman–Crippen MR) is 103 cm³/mol. The van der Waals surface area contributed by atoms with E-state index in [1.54, 1.807) is 0 Å². The van der Waals surface area contributed by atoms with E-state index in [2.05, 4.69) is 21.3 Å². The Balaban J connectivity index is 4.82. The van der Waals surface area contributed by atoms with E-state index in [1.807, 2.05) is 0 Å². The molecule has 0 spiro atoms. The Bertz CT molecular complexity index is 684. The van der Waals surface area contributed by atoms with Gasteiger partial charge in [-0.05, 0) is 13.3 Å². The van der Waals surface area contributed by atoms with Crippen LogP contribution in [0.15, 0.2) is 0 Å². The molecule has 15 heteroatoms. The van der Waals surface area contributed by atoms with Gasteiger partial charge in [-0.15, -0.1) is 0 Å². The number of nitrogens with two attached hydrogens (primary N) is 2. The van der Waals surface area contributed by atoms with E-state index in [9.17, 15) is 39.0 Å². The number of carbonyl (C=O) groups excluding carboxylic acids is 5. The molecule has 31 heavy (non-hydrogen) atoms. The smallest absolute Gasteiger partial charge is 0.326 e. The zero-order valence-corrected chi connectivity index (χ0v) is 16.8. The molecule has 0 aliphatic heterocycles. The Morgan fingerprint density at radius 2 is 1.55 bits per heavy atom. The normalized spacial score (nSPS) is 14.3. The number of rotatable bonds is 14. The number of aliphatic hydroxyl groups excluding tert-OH is 2. The number of aliphatic hydroxyl groups is 2. The van der Waals surface area contributed by atoms with Crippen LogP contribution in [-0.4, -0.2) is 94.8 Å². The van der Waals surface area contributed by atoms with Gasteiger partial charge in [-0.2, -0.15) is 0 Å². The molecule has 0 unspecified atom stereocenters. The first-order valence-corrected chi connectivity index (χ1v) is 9.09. The minimum atomic E-state index is -1.54. The van der Waals surface area contributed by atoms with Gasteiger partial charge < -0.3 is 48.1 Å². The average molecular weight is 448 g/mol. The molecule has 4 atom stereocenters. The monoisotopic (exact) mass is 448 g/mol. The summed E-state index contributed by atoms with van der Waals surface area (Å²) in [6, 6.07) is -4.41. The largest absolute Gasteiger partial charge is 0.480 e. The van der Waals surface area contributed by atoms with Crippen LogP contribution in [0, 0.1) is 0 Å². The van der Waals surface area contributed by atoms with Gasteiger partial charge in [0.15, 0.2) is 0 Å². The molecule has 0 aromatic heterocycles. The summed E-state index contributed by atoms with van der Waals surface area (Å²) in [6.07, 6.45) is -1.89. The van der Waals surface area contributed by atoms with Crippen molar-refractivity contribution in [2.24, 2.45) is 11.5 Å². The standard InChI is InChI=1S/C16H28N6O9/c1-7(24)13(22-11(26)4-17)15(29)21-9(6-23)14(28)19-5-12(27)20-8(16(30)31)2-3-10(18)25/h7-9,13,23-24H,2-6,17H2,1H3,(H2,18,25)(H,19,28)(H,20,27)(H,21,29)(H,22,26)(H,30,31)/t7-,8+,9+,13+/m1/s1. The van der Waals surface area contributed by atoms with E-state index < -0.39 is 79.4 Å². The Hall–Kier alpha value is -3.30. The van der Waals surface area contributed by atoms with Crippen LogP contribution in [0.4, 0.5) is 0 Å². The molecule has 0 saturated heterocycles. The Labute approximate surface area is 176 Å². The summed E-state index contributed by atoms with van der Waals surface area (Å²) in [5, 5.41) is 36.4. The molecule has 0 heterocycles. The lowest BCUT2D eigenvalue weighted by atomic mass is 10.1. The van der Waals surface area contributed by atoms with Crippen LogP contribution >= 0.6 is 0 Å². The quantitative estimate of drug-likeness (QED) is 0.121. The second kappa shape index (κ2) is 13.8. The van der Waals surface area contributed by atoms with Crippen molar-refractivity contribution in [3.05, 3.63) is 0 Å². The van der Waals surface area contributed by atoms with Crippen LogP contribution in [0.5, 0.6) is 0 Å². The van der Waals surface area contributed by atoms with Gasteiger partial charge >= 0.3 is 5.97 Å². The van der Waals surface area contributed by atoms with Crippen LogP contribution in [0.25, 0.3) is 0 Å². The van der Waals surface area contributed by atoms with Crippen LogP contribution in [-0.2, 0) is 28.8 Å². The van der Waals surface area contributed by atoms with E-state index in [-0.39, 0.29) is 12.8 Å². The number of nitrogens with one attached hydrogen (secondary N) is 4. The molecule has 11 N–H and O–H groups in total. The van der Waals surface area contributed by atoms with Gasteiger partial charge in [-0.25, -0.2) is 4.79 Å². The summed E-state index contributed by atoms with van der Waals surface area (Å²) in [7, 11) is 0. The second-order valence-corrected chi connectivity index (χ2v) is 6.41. The van der Waals surface area contributed by atoms with Crippen LogP contribution in [0.1, 0.15) is 19.8 Å². The first-order chi connectivity index (χ1) is 14.4. The highest BCUT2D eigenvalue weighted by molar-refractivity contribution is 5.94. The Kier molecular flexibility index (Phi) is 12.4. The number of amides is 5. The first kappa shape index (κ1) is 27.7. The van der Waals surface area contributed by atoms with Crippen LogP contribution in [0.3, 0.4) is 0 Å². The lowest BCUT2D eigenvalue weighted by molar-refractivity contribution is -0.142. The fourth-order valence-corrected chi connectivity index (χ4v) is 2.17. The maximum Gasteiger partial charge on any atom is 0.326 e. The number of carboxylic acids is 1. The Morgan fingerprint density at radius 3 is 2.00 bits per heavy atom. The average Bonchev–Trinajstić information content (AvgIpc) is 2.70. The van der Waals surface area contributed by atoms with Crippen molar-refractivity contribution < 1.29 is 44.1 Å². The van der Waals surface area contributed by atoms with Crippen molar-refractivity contribution in [3.8, 4) is 0 Å². The third-order valence-electron chi connectivity index (χ3n) is 3.82. The highest BCUT2D eigenvalue weighted by Gasteiger charge is 2.29. The second-order valence-electron chi connectivity index (χ2n) is 6.41. The van der Waals surface area contributed by atoms with E-state index >= 15 is 0 Å². The number of aliphatic carboxylic acids is 1. The SMILES string of the molecule is C[C@@H](O)[C@H](NC(=O)CN)C(=O)N[C@@H](CO)C(=O)NCC(=O)N[C@@H](CCC(N)=O)C(=O)O. The van der Waals surface area contributed by atoms with Crippen LogP contribution < -0.4 is 32.7 Å². The highest BCUT2D eigenvalue weighted by atomic mass is 16.4. The van der Waals surface area contributed by atoms with Gasteiger partial charge in [0.1, 0.15) is 18.1 Å². The molecule has 176 valence electrons. The lowest BCUT2D eigenvalue weighted by Gasteiger charge is -2.23. The van der Waals surface area contributed by atoms with Gasteiger partial charge in [0.25, 0.3) is 0 Å². The van der Waals surface area contributed by atoms with Crippen molar-refractivity contribution in [2.45, 2.75) is 44.0 Å². The van der Waals surface area contributed by atoms with Gasteiger partial charge in [0.2, 0.25) is 29.5 Å².